The van der Waals surface area contributed by atoms with Gasteiger partial charge in [-0.3, -0.25) is 14.2 Å². The number of esters is 1. The van der Waals surface area contributed by atoms with Crippen LogP contribution in [0.2, 0.25) is 10.0 Å². The zero-order valence-electron chi connectivity index (χ0n) is 15.9. The Hall–Kier alpha value is -2.90. The topological polar surface area (TPSA) is 90.3 Å². The van der Waals surface area contributed by atoms with Gasteiger partial charge in [-0.25, -0.2) is 9.78 Å². The zero-order chi connectivity index (χ0) is 21.4. The largest absolute Gasteiger partial charge is 0.449 e. The number of amides is 1. The van der Waals surface area contributed by atoms with Crippen molar-refractivity contribution in [1.82, 2.24) is 9.55 Å². The van der Waals surface area contributed by atoms with E-state index >= 15 is 0 Å². The van der Waals surface area contributed by atoms with Crippen LogP contribution in [0.4, 0.5) is 5.69 Å². The lowest BCUT2D eigenvalue weighted by Crippen LogP contribution is -2.30. The first kappa shape index (κ1) is 20.4. The predicted octanol–water partition coefficient (Wildman–Crippen LogP) is 3.83. The predicted molar refractivity (Wildman–Crippen MR) is 114 cm³/mol. The summed E-state index contributed by atoms with van der Waals surface area (Å²) in [5.41, 5.74) is 0.896. The van der Waals surface area contributed by atoms with Gasteiger partial charge < -0.3 is 10.1 Å². The molecule has 1 aromatic heterocycles. The number of halogens is 2. The van der Waals surface area contributed by atoms with Gasteiger partial charge in [-0.05, 0) is 49.7 Å². The van der Waals surface area contributed by atoms with Gasteiger partial charge in [-0.15, -0.1) is 0 Å². The van der Waals surface area contributed by atoms with E-state index in [-0.39, 0.29) is 16.1 Å². The highest BCUT2D eigenvalue weighted by atomic mass is 35.5. The van der Waals surface area contributed by atoms with Crippen LogP contribution in [0.3, 0.4) is 0 Å². The molecule has 0 fully saturated rings. The van der Waals surface area contributed by atoms with Crippen LogP contribution in [0.1, 0.15) is 29.5 Å². The number of carbonyl (C=O) groups is 2. The quantitative estimate of drug-likeness (QED) is 0.616. The number of hydrogen-bond donors (Lipinski definition) is 1. The van der Waals surface area contributed by atoms with E-state index in [0.717, 1.165) is 12.8 Å². The molecule has 0 bridgehead atoms. The van der Waals surface area contributed by atoms with Gasteiger partial charge in [0, 0.05) is 18.0 Å². The lowest BCUT2D eigenvalue weighted by Gasteiger charge is -2.14. The molecule has 1 atom stereocenters. The molecule has 0 aliphatic carbocycles. The first-order valence-electron chi connectivity index (χ1n) is 9.34. The number of hydrogen-bond acceptors (Lipinski definition) is 5. The van der Waals surface area contributed by atoms with Gasteiger partial charge in [0.1, 0.15) is 5.82 Å². The van der Waals surface area contributed by atoms with Crippen molar-refractivity contribution in [2.24, 2.45) is 0 Å². The molecule has 1 N–H and O–H groups in total. The minimum absolute atomic E-state index is 0.111. The maximum absolute atomic E-state index is 12.5. The summed E-state index contributed by atoms with van der Waals surface area (Å²) in [4.78, 5) is 41.9. The van der Waals surface area contributed by atoms with Crippen molar-refractivity contribution in [3.63, 3.8) is 0 Å². The molecular formula is C21H17Cl2N3O4. The summed E-state index contributed by atoms with van der Waals surface area (Å²) in [5.74, 6) is -0.516. The number of aromatic nitrogens is 2. The average molecular weight is 446 g/mol. The molecule has 9 heteroatoms. The second-order valence-electron chi connectivity index (χ2n) is 6.98. The van der Waals surface area contributed by atoms with E-state index in [0.29, 0.717) is 34.0 Å². The number of anilines is 1. The van der Waals surface area contributed by atoms with Crippen LogP contribution in [0.15, 0.2) is 41.2 Å². The number of nitrogens with one attached hydrogen (secondary N) is 1. The summed E-state index contributed by atoms with van der Waals surface area (Å²) >= 11 is 11.9. The number of rotatable bonds is 4. The number of aryl methyl sites for hydroxylation is 1. The van der Waals surface area contributed by atoms with Gasteiger partial charge in [0.15, 0.2) is 6.10 Å². The third-order valence-electron chi connectivity index (χ3n) is 4.89. The Morgan fingerprint density at radius 2 is 2.00 bits per heavy atom. The van der Waals surface area contributed by atoms with Gasteiger partial charge in [-0.1, -0.05) is 23.2 Å². The van der Waals surface area contributed by atoms with Crippen molar-refractivity contribution in [2.45, 2.75) is 32.4 Å². The van der Waals surface area contributed by atoms with Gasteiger partial charge in [0.05, 0.1) is 27.2 Å². The maximum atomic E-state index is 12.5. The molecule has 154 valence electrons. The fraction of sp³-hybridized carbons (Fsp3) is 0.238. The van der Waals surface area contributed by atoms with Crippen LogP contribution in [0.5, 0.6) is 0 Å². The highest BCUT2D eigenvalue weighted by Gasteiger charge is 2.21. The Balaban J connectivity index is 1.50. The maximum Gasteiger partial charge on any atom is 0.338 e. The van der Waals surface area contributed by atoms with Gasteiger partial charge in [0.25, 0.3) is 11.5 Å². The van der Waals surface area contributed by atoms with E-state index in [1.807, 2.05) is 0 Å². The summed E-state index contributed by atoms with van der Waals surface area (Å²) in [6, 6.07) is 9.21. The number of benzene rings is 2. The molecule has 1 aliphatic heterocycles. The summed E-state index contributed by atoms with van der Waals surface area (Å²) in [7, 11) is 0. The highest BCUT2D eigenvalue weighted by molar-refractivity contribution is 6.36. The number of carbonyl (C=O) groups excluding carboxylic acids is 2. The molecule has 3 aromatic rings. The van der Waals surface area contributed by atoms with Crippen LogP contribution in [0, 0.1) is 0 Å². The Morgan fingerprint density at radius 1 is 1.20 bits per heavy atom. The van der Waals surface area contributed by atoms with Gasteiger partial charge >= 0.3 is 5.97 Å². The van der Waals surface area contributed by atoms with Crippen molar-refractivity contribution in [2.75, 3.05) is 5.32 Å². The van der Waals surface area contributed by atoms with Crippen molar-refractivity contribution in [3.05, 3.63) is 68.2 Å². The first-order valence-corrected chi connectivity index (χ1v) is 10.1. The standard InChI is InChI=1S/C21H17Cl2N3O4/c1-11(19(27)25-16-7-5-13(22)10-15(16)23)30-21(29)12-4-6-14-17(9-12)24-18-3-2-8-26(18)20(14)28/h4-7,9-11H,2-3,8H2,1H3,(H,25,27). The Kier molecular flexibility index (Phi) is 5.49. The molecule has 0 spiro atoms. The third kappa shape index (κ3) is 3.91. The summed E-state index contributed by atoms with van der Waals surface area (Å²) < 4.78 is 6.94. The van der Waals surface area contributed by atoms with Gasteiger partial charge in [-0.2, -0.15) is 0 Å². The molecule has 0 saturated carbocycles. The molecule has 1 aliphatic rings. The van der Waals surface area contributed by atoms with Crippen LogP contribution in [-0.2, 0) is 22.5 Å². The second kappa shape index (κ2) is 8.08. The molecule has 0 radical (unpaired) electrons. The van der Waals surface area contributed by atoms with E-state index < -0.39 is 18.0 Å². The molecule has 30 heavy (non-hydrogen) atoms. The van der Waals surface area contributed by atoms with Crippen LogP contribution < -0.4 is 10.9 Å². The molecule has 2 aromatic carbocycles. The van der Waals surface area contributed by atoms with E-state index in [4.69, 9.17) is 27.9 Å². The summed E-state index contributed by atoms with van der Waals surface area (Å²) in [6.45, 7) is 2.11. The number of ether oxygens (including phenoxy) is 1. The fourth-order valence-electron chi connectivity index (χ4n) is 3.32. The Labute approximate surface area is 181 Å². The Bertz CT molecular complexity index is 1240. The van der Waals surface area contributed by atoms with Crippen molar-refractivity contribution >= 4 is 51.7 Å². The number of nitrogens with zero attached hydrogens (tertiary/aromatic N) is 2. The molecule has 4 rings (SSSR count). The molecule has 7 nitrogen and oxygen atoms in total. The monoisotopic (exact) mass is 445 g/mol. The second-order valence-corrected chi connectivity index (χ2v) is 7.82. The van der Waals surface area contributed by atoms with Crippen LogP contribution in [0.25, 0.3) is 10.9 Å². The molecule has 1 unspecified atom stereocenters. The minimum Gasteiger partial charge on any atom is -0.449 e. The number of fused-ring (bicyclic) bond motifs is 2. The highest BCUT2D eigenvalue weighted by Crippen LogP contribution is 2.25. The third-order valence-corrected chi connectivity index (χ3v) is 5.44. The smallest absolute Gasteiger partial charge is 0.338 e. The molecular weight excluding hydrogens is 429 g/mol. The Morgan fingerprint density at radius 3 is 2.77 bits per heavy atom. The SMILES string of the molecule is CC(OC(=O)c1ccc2c(=O)n3c(nc2c1)CCC3)C(=O)Nc1ccc(Cl)cc1Cl. The van der Waals surface area contributed by atoms with Crippen molar-refractivity contribution < 1.29 is 14.3 Å². The lowest BCUT2D eigenvalue weighted by molar-refractivity contribution is -0.123. The molecule has 0 saturated heterocycles. The van der Waals surface area contributed by atoms with Gasteiger partial charge in [0.2, 0.25) is 0 Å². The normalized spacial score (nSPS) is 13.7. The van der Waals surface area contributed by atoms with E-state index in [1.165, 1.54) is 25.1 Å². The van der Waals surface area contributed by atoms with Crippen molar-refractivity contribution in [3.8, 4) is 0 Å². The summed E-state index contributed by atoms with van der Waals surface area (Å²) in [6.07, 6.45) is 0.528. The summed E-state index contributed by atoms with van der Waals surface area (Å²) in [5, 5.41) is 3.75. The van der Waals surface area contributed by atoms with E-state index in [9.17, 15) is 14.4 Å². The minimum atomic E-state index is -1.07. The molecule has 1 amide bonds. The first-order chi connectivity index (χ1) is 14.3. The zero-order valence-corrected chi connectivity index (χ0v) is 17.5. The van der Waals surface area contributed by atoms with E-state index in [1.54, 1.807) is 22.8 Å². The van der Waals surface area contributed by atoms with Crippen LogP contribution >= 0.6 is 23.2 Å². The van der Waals surface area contributed by atoms with E-state index in [2.05, 4.69) is 10.3 Å². The average Bonchev–Trinajstić information content (AvgIpc) is 3.18. The fourth-order valence-corrected chi connectivity index (χ4v) is 3.77. The van der Waals surface area contributed by atoms with Crippen LogP contribution in [-0.4, -0.2) is 27.5 Å². The lowest BCUT2D eigenvalue weighted by atomic mass is 10.1. The molecule has 2 heterocycles. The van der Waals surface area contributed by atoms with Crippen molar-refractivity contribution in [1.29, 1.82) is 0 Å².